The summed E-state index contributed by atoms with van der Waals surface area (Å²) in [5.41, 5.74) is 0. The Morgan fingerprint density at radius 2 is 1.70 bits per heavy atom. The molecule has 0 radical (unpaired) electrons. The van der Waals surface area contributed by atoms with E-state index in [1.165, 1.54) is 5.30 Å². The molecular weight excluding hydrogens is 222 g/mol. The van der Waals surface area contributed by atoms with Crippen LogP contribution in [-0.2, 0) is 14.7 Å². The summed E-state index contributed by atoms with van der Waals surface area (Å²) in [6.07, 6.45) is 1.13. The van der Waals surface area contributed by atoms with Crippen molar-refractivity contribution in [2.45, 2.75) is 0 Å². The molecule has 1 aromatic rings. The van der Waals surface area contributed by atoms with Crippen molar-refractivity contribution in [2.75, 3.05) is 0 Å². The molecule has 0 heterocycles. The van der Waals surface area contributed by atoms with Crippen molar-refractivity contribution in [3.63, 3.8) is 0 Å². The molecule has 0 saturated carbocycles. The Kier molecular flexibility index (Phi) is 4.14. The van der Waals surface area contributed by atoms with E-state index in [0.717, 1.165) is 6.11 Å². The van der Waals surface area contributed by atoms with Crippen LogP contribution in [0.2, 0.25) is 0 Å². The van der Waals surface area contributed by atoms with Crippen LogP contribution in [0.15, 0.2) is 30.3 Å². The van der Waals surface area contributed by atoms with Gasteiger partial charge >= 0.3 is 75.1 Å². The molecule has 0 atom stereocenters. The quantitative estimate of drug-likeness (QED) is 0.510. The molecule has 0 amide bonds. The van der Waals surface area contributed by atoms with E-state index in [9.17, 15) is 0 Å². The van der Waals surface area contributed by atoms with E-state index in [4.69, 9.17) is 18.6 Å². The molecule has 10 heavy (non-hydrogen) atoms. The summed E-state index contributed by atoms with van der Waals surface area (Å²) in [5.74, 6) is 0. The van der Waals surface area contributed by atoms with Crippen LogP contribution < -0.4 is 5.30 Å². The Balaban J connectivity index is 2.87. The van der Waals surface area contributed by atoms with E-state index in [-0.39, 0.29) is 0 Å². The van der Waals surface area contributed by atoms with Crippen molar-refractivity contribution in [3.05, 3.63) is 30.3 Å². The monoisotopic (exact) mass is 226 g/mol. The third-order valence-corrected chi connectivity index (χ3v) is 5.79. The van der Waals surface area contributed by atoms with E-state index >= 15 is 0 Å². The van der Waals surface area contributed by atoms with Gasteiger partial charge in [-0.1, -0.05) is 0 Å². The third-order valence-electron chi connectivity index (χ3n) is 0.970. The van der Waals surface area contributed by atoms with E-state index in [2.05, 4.69) is 0 Å². The van der Waals surface area contributed by atoms with Gasteiger partial charge < -0.3 is 0 Å². The Morgan fingerprint density at radius 1 is 1.10 bits per heavy atom. The minimum atomic E-state index is -1.71. The molecule has 0 aromatic heterocycles. The zero-order chi connectivity index (χ0) is 7.40. The zero-order valence-corrected chi connectivity index (χ0v) is 9.06. The van der Waals surface area contributed by atoms with Gasteiger partial charge in [-0.15, -0.1) is 0 Å². The number of hydrogen-bond donors (Lipinski definition) is 0. The van der Waals surface area contributed by atoms with Gasteiger partial charge in [0.1, 0.15) is 0 Å². The first-order chi connectivity index (χ1) is 4.79. The minimum absolute atomic E-state index is 1.13. The Bertz CT molecular complexity index is 231. The second-order valence-electron chi connectivity index (χ2n) is 1.69. The Labute approximate surface area is 74.8 Å². The maximum absolute atomic E-state index is 5.73. The van der Waals surface area contributed by atoms with Gasteiger partial charge in [-0.05, 0) is 0 Å². The van der Waals surface area contributed by atoms with Crippen LogP contribution in [-0.4, -0.2) is 0 Å². The fourth-order valence-electron chi connectivity index (χ4n) is 0.600. The zero-order valence-electron chi connectivity index (χ0n) is 5.09. The van der Waals surface area contributed by atoms with Gasteiger partial charge in [0.05, 0.1) is 0 Å². The summed E-state index contributed by atoms with van der Waals surface area (Å²) in [7, 11) is 11.5. The summed E-state index contributed by atoms with van der Waals surface area (Å²) < 4.78 is 0. The van der Waals surface area contributed by atoms with Gasteiger partial charge in [0.25, 0.3) is 0 Å². The summed E-state index contributed by atoms with van der Waals surface area (Å²) >= 11 is -1.71. The first-order valence-electron chi connectivity index (χ1n) is 2.74. The molecule has 0 N–H and O–H groups in total. The summed E-state index contributed by atoms with van der Waals surface area (Å²) in [6, 6.07) is 10.1. The predicted octanol–water partition coefficient (Wildman–Crippen LogP) is 3.10. The van der Waals surface area contributed by atoms with Crippen molar-refractivity contribution >= 4 is 30.0 Å². The maximum atomic E-state index is 5.73. The van der Waals surface area contributed by atoms with Crippen molar-refractivity contribution < 1.29 is 14.7 Å². The van der Waals surface area contributed by atoms with Crippen molar-refractivity contribution in [3.8, 4) is 0 Å². The summed E-state index contributed by atoms with van der Waals surface area (Å²) in [4.78, 5) is 0. The van der Waals surface area contributed by atoms with E-state index in [1.807, 2.05) is 30.3 Å². The molecule has 1 aromatic carbocycles. The standard InChI is InChI=1S/C6H5P.2ClH.Ti/c7-6-4-2-1-3-5-6;;;/h1-5H;2*1H;/q;;;+2/p-2. The van der Waals surface area contributed by atoms with E-state index in [1.54, 1.807) is 0 Å². The number of benzene rings is 1. The molecule has 0 spiro atoms. The van der Waals surface area contributed by atoms with Crippen molar-refractivity contribution in [2.24, 2.45) is 0 Å². The molecule has 52 valence electrons. The topological polar surface area (TPSA) is 0 Å². The van der Waals surface area contributed by atoms with Gasteiger partial charge in [-0.2, -0.15) is 0 Å². The van der Waals surface area contributed by atoms with Gasteiger partial charge in [0.2, 0.25) is 0 Å². The van der Waals surface area contributed by atoms with Gasteiger partial charge in [-0.3, -0.25) is 0 Å². The van der Waals surface area contributed by atoms with Crippen molar-refractivity contribution in [1.82, 2.24) is 0 Å². The fourth-order valence-corrected chi connectivity index (χ4v) is 5.14. The first-order valence-corrected chi connectivity index (χ1v) is 10.0. The second kappa shape index (κ2) is 4.64. The molecule has 0 nitrogen and oxygen atoms in total. The SMILES string of the molecule is [Cl][Ti]([Cl])=[P]c1ccccc1. The third kappa shape index (κ3) is 3.28. The fraction of sp³-hybridized carbons (Fsp3) is 0. The van der Waals surface area contributed by atoms with Gasteiger partial charge in [0.15, 0.2) is 0 Å². The number of halogens is 2. The van der Waals surface area contributed by atoms with Gasteiger partial charge in [0, 0.05) is 0 Å². The van der Waals surface area contributed by atoms with Crippen LogP contribution in [0.3, 0.4) is 0 Å². The molecule has 0 unspecified atom stereocenters. The molecule has 4 heteroatoms. The Hall–Kier alpha value is 0.814. The molecule has 0 aliphatic heterocycles. The molecule has 0 fully saturated rings. The second-order valence-corrected chi connectivity index (χ2v) is 12.2. The van der Waals surface area contributed by atoms with E-state index in [0.29, 0.717) is 0 Å². The summed E-state index contributed by atoms with van der Waals surface area (Å²) in [6.45, 7) is 0. The molecule has 0 bridgehead atoms. The molecule has 1 rings (SSSR count). The van der Waals surface area contributed by atoms with Crippen LogP contribution >= 0.6 is 24.7 Å². The number of hydrogen-bond acceptors (Lipinski definition) is 0. The predicted molar refractivity (Wildman–Crippen MR) is 44.7 cm³/mol. The van der Waals surface area contributed by atoms with Gasteiger partial charge in [-0.25, -0.2) is 0 Å². The van der Waals surface area contributed by atoms with E-state index < -0.39 is 14.7 Å². The number of rotatable bonds is 1. The first kappa shape index (κ1) is 8.91. The molecular formula is C6H5Cl2PTi. The average molecular weight is 227 g/mol. The van der Waals surface area contributed by atoms with Crippen LogP contribution in [0.4, 0.5) is 0 Å². The van der Waals surface area contributed by atoms with Crippen LogP contribution in [0.25, 0.3) is 0 Å². The van der Waals surface area contributed by atoms with Crippen LogP contribution in [0.5, 0.6) is 0 Å². The molecule has 0 aliphatic rings. The normalized spacial score (nSPS) is 9.80. The van der Waals surface area contributed by atoms with Crippen LogP contribution in [0, 0.1) is 0 Å². The Morgan fingerprint density at radius 3 is 2.20 bits per heavy atom. The average Bonchev–Trinajstić information content (AvgIpc) is 1.88. The molecule has 0 saturated heterocycles. The molecule has 0 aliphatic carbocycles. The van der Waals surface area contributed by atoms with Crippen LogP contribution in [0.1, 0.15) is 0 Å². The summed E-state index contributed by atoms with van der Waals surface area (Å²) in [5, 5.41) is 1.22. The van der Waals surface area contributed by atoms with Crippen molar-refractivity contribution in [1.29, 1.82) is 0 Å².